The number of imide groups is 1. The number of carbonyl (C=O) groups excluding carboxylic acids is 2. The maximum absolute atomic E-state index is 13.1. The summed E-state index contributed by atoms with van der Waals surface area (Å²) in [5.74, 6) is -0.171. The number of carbonyl (C=O) groups is 2. The first-order valence-corrected chi connectivity index (χ1v) is 8.76. The predicted molar refractivity (Wildman–Crippen MR) is 87.7 cm³/mol. The normalized spacial score (nSPS) is 36.0. The van der Waals surface area contributed by atoms with E-state index in [1.165, 1.54) is 11.9 Å². The number of nitrogens with one attached hydrogen (secondary N) is 1. The molecule has 3 amide bonds. The molecule has 1 heterocycles. The summed E-state index contributed by atoms with van der Waals surface area (Å²) < 4.78 is 0.903. The van der Waals surface area contributed by atoms with Crippen LogP contribution >= 0.6 is 15.9 Å². The topological polar surface area (TPSA) is 69.6 Å². The molecule has 0 aromatic heterocycles. The van der Waals surface area contributed by atoms with E-state index in [4.69, 9.17) is 0 Å². The highest BCUT2D eigenvalue weighted by Gasteiger charge is 2.67. The van der Waals surface area contributed by atoms with Crippen LogP contribution in [-0.4, -0.2) is 35.1 Å². The Morgan fingerprint density at radius 2 is 2.00 bits per heavy atom. The lowest BCUT2D eigenvalue weighted by atomic mass is 9.61. The van der Waals surface area contributed by atoms with Crippen LogP contribution in [0.1, 0.15) is 36.8 Å². The number of hydrogen-bond donors (Lipinski definition) is 2. The van der Waals surface area contributed by atoms with Crippen molar-refractivity contribution in [3.8, 4) is 0 Å². The van der Waals surface area contributed by atoms with Crippen molar-refractivity contribution >= 4 is 27.9 Å². The summed E-state index contributed by atoms with van der Waals surface area (Å²) in [5.41, 5.74) is 0.699. The molecule has 5 nitrogen and oxygen atoms in total. The Morgan fingerprint density at radius 3 is 2.61 bits per heavy atom. The van der Waals surface area contributed by atoms with E-state index in [0.717, 1.165) is 34.9 Å². The Bertz CT molecular complexity index is 712. The zero-order chi connectivity index (χ0) is 16.4. The van der Waals surface area contributed by atoms with Gasteiger partial charge in [0.05, 0.1) is 6.10 Å². The lowest BCUT2D eigenvalue weighted by Gasteiger charge is -2.45. The highest BCUT2D eigenvalue weighted by atomic mass is 79.9. The van der Waals surface area contributed by atoms with Gasteiger partial charge in [-0.25, -0.2) is 4.79 Å². The molecular formula is C17H19BrN2O3. The molecule has 1 saturated heterocycles. The number of likely N-dealkylation sites (N-methyl/N-ethyl adjacent to an activating group) is 1. The maximum Gasteiger partial charge on any atom is 0.325 e. The summed E-state index contributed by atoms with van der Waals surface area (Å²) in [4.78, 5) is 26.6. The number of benzene rings is 1. The first kappa shape index (κ1) is 15.1. The van der Waals surface area contributed by atoms with Crippen molar-refractivity contribution < 1.29 is 14.7 Å². The SMILES string of the molecule is CN1C(=O)NC2(C1=O)c1cc(Br)ccc1CC21CCC(O)CC1. The van der Waals surface area contributed by atoms with E-state index in [0.29, 0.717) is 12.8 Å². The van der Waals surface area contributed by atoms with E-state index in [-0.39, 0.29) is 23.5 Å². The van der Waals surface area contributed by atoms with Crippen molar-refractivity contribution in [2.24, 2.45) is 5.41 Å². The third-order valence-corrected chi connectivity index (χ3v) is 6.43. The van der Waals surface area contributed by atoms with Crippen LogP contribution in [0.2, 0.25) is 0 Å². The zero-order valence-electron chi connectivity index (χ0n) is 12.9. The fraction of sp³-hybridized carbons (Fsp3) is 0.529. The average molecular weight is 379 g/mol. The number of hydrogen-bond acceptors (Lipinski definition) is 3. The summed E-state index contributed by atoms with van der Waals surface area (Å²) in [7, 11) is 1.54. The molecule has 4 rings (SSSR count). The summed E-state index contributed by atoms with van der Waals surface area (Å²) in [6.45, 7) is 0. The standard InChI is InChI=1S/C17H19BrN2O3/c1-20-14(22)17(19-15(20)23)13-8-11(18)3-2-10(13)9-16(17)6-4-12(21)5-7-16/h2-3,8,12,21H,4-7,9H2,1H3,(H,19,23). The van der Waals surface area contributed by atoms with Crippen LogP contribution in [0.15, 0.2) is 22.7 Å². The van der Waals surface area contributed by atoms with Gasteiger partial charge in [-0.2, -0.15) is 0 Å². The summed E-state index contributed by atoms with van der Waals surface area (Å²) in [6, 6.07) is 5.65. The first-order valence-electron chi connectivity index (χ1n) is 7.97. The van der Waals surface area contributed by atoms with E-state index in [1.807, 2.05) is 18.2 Å². The van der Waals surface area contributed by atoms with Gasteiger partial charge in [0.2, 0.25) is 0 Å². The minimum atomic E-state index is -0.988. The lowest BCUT2D eigenvalue weighted by molar-refractivity contribution is -0.137. The Hall–Kier alpha value is -1.40. The van der Waals surface area contributed by atoms with E-state index in [1.54, 1.807) is 0 Å². The number of halogens is 1. The van der Waals surface area contributed by atoms with Gasteiger partial charge in [0.25, 0.3) is 5.91 Å². The van der Waals surface area contributed by atoms with Crippen LogP contribution in [0.5, 0.6) is 0 Å². The fourth-order valence-electron chi connectivity index (χ4n) is 4.73. The molecule has 2 aliphatic carbocycles. The molecule has 0 radical (unpaired) electrons. The van der Waals surface area contributed by atoms with Crippen LogP contribution in [0.4, 0.5) is 4.79 Å². The second-order valence-electron chi connectivity index (χ2n) is 7.03. The first-order chi connectivity index (χ1) is 10.9. The van der Waals surface area contributed by atoms with E-state index in [9.17, 15) is 14.7 Å². The van der Waals surface area contributed by atoms with Crippen LogP contribution in [0.25, 0.3) is 0 Å². The van der Waals surface area contributed by atoms with Crippen molar-refractivity contribution in [3.05, 3.63) is 33.8 Å². The molecule has 1 aromatic carbocycles. The van der Waals surface area contributed by atoms with Gasteiger partial charge in [0, 0.05) is 16.9 Å². The molecule has 1 unspecified atom stereocenters. The van der Waals surface area contributed by atoms with Gasteiger partial charge >= 0.3 is 6.03 Å². The minimum absolute atomic E-state index is 0.171. The molecular weight excluding hydrogens is 360 g/mol. The highest BCUT2D eigenvalue weighted by Crippen LogP contribution is 2.59. The van der Waals surface area contributed by atoms with Crippen molar-refractivity contribution in [2.75, 3.05) is 7.05 Å². The maximum atomic E-state index is 13.1. The number of nitrogens with zero attached hydrogens (tertiary/aromatic N) is 1. The molecule has 2 N–H and O–H groups in total. The van der Waals surface area contributed by atoms with Crippen LogP contribution in [0.3, 0.4) is 0 Å². The van der Waals surface area contributed by atoms with Gasteiger partial charge in [-0.15, -0.1) is 0 Å². The molecule has 1 aliphatic heterocycles. The quantitative estimate of drug-likeness (QED) is 0.680. The Balaban J connectivity index is 1.92. The summed E-state index contributed by atoms with van der Waals surface area (Å²) in [6.07, 6.45) is 3.27. The van der Waals surface area contributed by atoms with Crippen LogP contribution < -0.4 is 5.32 Å². The third-order valence-electron chi connectivity index (χ3n) is 5.94. The second-order valence-corrected chi connectivity index (χ2v) is 7.95. The molecule has 1 saturated carbocycles. The lowest BCUT2D eigenvalue weighted by Crippen LogP contribution is -2.56. The molecule has 6 heteroatoms. The van der Waals surface area contributed by atoms with Crippen LogP contribution in [-0.2, 0) is 16.8 Å². The van der Waals surface area contributed by atoms with Crippen LogP contribution in [0, 0.1) is 5.41 Å². The number of urea groups is 1. The molecule has 0 bridgehead atoms. The van der Waals surface area contributed by atoms with Crippen molar-refractivity contribution in [1.29, 1.82) is 0 Å². The minimum Gasteiger partial charge on any atom is -0.393 e. The van der Waals surface area contributed by atoms with E-state index >= 15 is 0 Å². The monoisotopic (exact) mass is 378 g/mol. The summed E-state index contributed by atoms with van der Waals surface area (Å²) >= 11 is 3.49. The molecule has 1 aromatic rings. The van der Waals surface area contributed by atoms with Crippen molar-refractivity contribution in [3.63, 3.8) is 0 Å². The number of aliphatic hydroxyl groups excluding tert-OH is 1. The molecule has 122 valence electrons. The molecule has 2 fully saturated rings. The van der Waals surface area contributed by atoms with Gasteiger partial charge in [0.15, 0.2) is 5.54 Å². The Labute approximate surface area is 143 Å². The van der Waals surface area contributed by atoms with Gasteiger partial charge in [-0.1, -0.05) is 22.0 Å². The van der Waals surface area contributed by atoms with E-state index < -0.39 is 5.54 Å². The fourth-order valence-corrected chi connectivity index (χ4v) is 5.09. The second kappa shape index (κ2) is 4.80. The third kappa shape index (κ3) is 1.82. The number of aliphatic hydroxyl groups is 1. The average Bonchev–Trinajstić information content (AvgIpc) is 2.92. The smallest absolute Gasteiger partial charge is 0.325 e. The van der Waals surface area contributed by atoms with Gasteiger partial charge in [0.1, 0.15) is 0 Å². The van der Waals surface area contributed by atoms with Crippen molar-refractivity contribution in [2.45, 2.75) is 43.7 Å². The Kier molecular flexibility index (Phi) is 3.16. The number of rotatable bonds is 0. The van der Waals surface area contributed by atoms with Gasteiger partial charge in [-0.05, 0) is 55.4 Å². The van der Waals surface area contributed by atoms with Gasteiger partial charge < -0.3 is 10.4 Å². The largest absolute Gasteiger partial charge is 0.393 e. The summed E-state index contributed by atoms with van der Waals surface area (Å²) in [5, 5.41) is 12.9. The Morgan fingerprint density at radius 1 is 1.30 bits per heavy atom. The van der Waals surface area contributed by atoms with Crippen molar-refractivity contribution in [1.82, 2.24) is 10.2 Å². The molecule has 23 heavy (non-hydrogen) atoms. The predicted octanol–water partition coefficient (Wildman–Crippen LogP) is 2.30. The van der Waals surface area contributed by atoms with Gasteiger partial charge in [-0.3, -0.25) is 9.69 Å². The molecule has 1 atom stereocenters. The molecule has 2 spiro atoms. The molecule has 3 aliphatic rings. The number of amides is 3. The number of fused-ring (bicyclic) bond motifs is 3. The van der Waals surface area contributed by atoms with E-state index in [2.05, 4.69) is 21.2 Å². The zero-order valence-corrected chi connectivity index (χ0v) is 14.5. The highest BCUT2D eigenvalue weighted by molar-refractivity contribution is 9.10.